The molecule has 2 aliphatic heterocycles. The molecule has 5 heterocycles. The zero-order valence-corrected chi connectivity index (χ0v) is 22.6. The first kappa shape index (κ1) is 25.2. The zero-order chi connectivity index (χ0) is 28.9. The van der Waals surface area contributed by atoms with Crippen molar-refractivity contribution < 1.29 is 17.7 Å². The first-order valence-electron chi connectivity index (χ1n) is 13.2. The summed E-state index contributed by atoms with van der Waals surface area (Å²) in [5, 5.41) is 12.6. The quantitative estimate of drug-likeness (QED) is 0.224. The Balaban J connectivity index is 1.15. The lowest BCUT2D eigenvalue weighted by Crippen LogP contribution is -2.27. The molecule has 0 radical (unpaired) electrons. The summed E-state index contributed by atoms with van der Waals surface area (Å²) < 4.78 is 49.9. The van der Waals surface area contributed by atoms with E-state index in [1.54, 1.807) is 28.8 Å². The van der Waals surface area contributed by atoms with Crippen molar-refractivity contribution in [3.8, 4) is 16.9 Å². The minimum atomic E-state index is -2.79. The summed E-state index contributed by atoms with van der Waals surface area (Å²) >= 11 is 6.28. The molecule has 9 nitrogen and oxygen atoms in total. The van der Waals surface area contributed by atoms with Crippen molar-refractivity contribution in [3.05, 3.63) is 98.3 Å². The topological polar surface area (TPSA) is 104 Å². The van der Waals surface area contributed by atoms with E-state index in [-0.39, 0.29) is 23.8 Å². The molecule has 1 fully saturated rings. The van der Waals surface area contributed by atoms with Gasteiger partial charge in [0.05, 0.1) is 35.0 Å². The standard InChI is InChI=1S/C29H19ClF3N7O2/c1-12-15-4-2-13(6-24(15)42-37-12)20-9-19(28(33)34-20)26-16-8-17(16)29-35-21(10-25(41)40(26)29)18-7-14(30)3-5-23(18)39-11-22(27(31)32)36-38-39/h2-7,10-11,16-17,26-27H,8-9H2,1H3. The lowest BCUT2D eigenvalue weighted by atomic mass is 9.96. The number of allylic oxidation sites excluding steroid dienone is 1. The van der Waals surface area contributed by atoms with Gasteiger partial charge in [0.2, 0.25) is 5.95 Å². The Morgan fingerprint density at radius 2 is 2.00 bits per heavy atom. The summed E-state index contributed by atoms with van der Waals surface area (Å²) in [6.07, 6.45) is -0.647. The van der Waals surface area contributed by atoms with E-state index in [0.29, 0.717) is 44.7 Å². The summed E-state index contributed by atoms with van der Waals surface area (Å²) in [6, 6.07) is 11.2. The van der Waals surface area contributed by atoms with Crippen molar-refractivity contribution in [1.82, 2.24) is 29.7 Å². The van der Waals surface area contributed by atoms with E-state index >= 15 is 4.39 Å². The number of hydrogen-bond acceptors (Lipinski definition) is 7. The highest BCUT2D eigenvalue weighted by Crippen LogP contribution is 2.61. The SMILES string of the molecule is Cc1noc2cc(C3=NC(F)=C(C4C5CC5c5nc(-c6cc(Cl)ccc6-n6cc(C(F)F)nn6)cc(=O)n54)C3)ccc12. The number of nitrogens with zero attached hydrogens (tertiary/aromatic N) is 7. The fourth-order valence-corrected chi connectivity index (χ4v) is 6.35. The van der Waals surface area contributed by atoms with Crippen LogP contribution in [0.3, 0.4) is 0 Å². The van der Waals surface area contributed by atoms with Crippen LogP contribution in [0.2, 0.25) is 5.02 Å². The van der Waals surface area contributed by atoms with Crippen molar-refractivity contribution in [2.45, 2.75) is 38.2 Å². The molecule has 42 heavy (non-hydrogen) atoms. The van der Waals surface area contributed by atoms with Gasteiger partial charge in [-0.05, 0) is 49.6 Å². The third kappa shape index (κ3) is 3.78. The fourth-order valence-electron chi connectivity index (χ4n) is 6.18. The lowest BCUT2D eigenvalue weighted by molar-refractivity contribution is 0.146. The zero-order valence-electron chi connectivity index (χ0n) is 21.8. The highest BCUT2D eigenvalue weighted by Gasteiger charge is 2.56. The third-order valence-electron chi connectivity index (χ3n) is 8.25. The van der Waals surface area contributed by atoms with Crippen LogP contribution >= 0.6 is 11.6 Å². The molecule has 13 heteroatoms. The molecular weight excluding hydrogens is 571 g/mol. The molecular formula is C29H19ClF3N7O2. The largest absolute Gasteiger partial charge is 0.356 e. The van der Waals surface area contributed by atoms with Crippen molar-refractivity contribution in [2.24, 2.45) is 10.9 Å². The minimum Gasteiger partial charge on any atom is -0.356 e. The van der Waals surface area contributed by atoms with Crippen molar-refractivity contribution >= 4 is 28.3 Å². The Morgan fingerprint density at radius 3 is 2.81 bits per heavy atom. The molecule has 3 atom stereocenters. The van der Waals surface area contributed by atoms with Gasteiger partial charge in [-0.25, -0.2) is 23.4 Å². The molecule has 210 valence electrons. The van der Waals surface area contributed by atoms with Crippen LogP contribution < -0.4 is 5.56 Å². The molecule has 0 bridgehead atoms. The van der Waals surface area contributed by atoms with E-state index in [1.165, 1.54) is 10.7 Å². The van der Waals surface area contributed by atoms with Crippen LogP contribution in [0.1, 0.15) is 54.0 Å². The average Bonchev–Trinajstić information content (AvgIpc) is 3.29. The van der Waals surface area contributed by atoms with Crippen LogP contribution in [0.25, 0.3) is 27.9 Å². The molecule has 0 spiro atoms. The molecule has 0 saturated heterocycles. The number of aryl methyl sites for hydroxylation is 1. The first-order chi connectivity index (χ1) is 20.3. The van der Waals surface area contributed by atoms with Gasteiger partial charge >= 0.3 is 0 Å². The van der Waals surface area contributed by atoms with Gasteiger partial charge in [-0.15, -0.1) is 5.10 Å². The monoisotopic (exact) mass is 589 g/mol. The maximum Gasteiger partial charge on any atom is 0.283 e. The van der Waals surface area contributed by atoms with Gasteiger partial charge in [0.1, 0.15) is 11.5 Å². The molecule has 3 aliphatic rings. The van der Waals surface area contributed by atoms with E-state index in [0.717, 1.165) is 29.3 Å². The summed E-state index contributed by atoms with van der Waals surface area (Å²) in [4.78, 5) is 22.7. The van der Waals surface area contributed by atoms with Crippen molar-refractivity contribution in [1.29, 1.82) is 0 Å². The van der Waals surface area contributed by atoms with Crippen LogP contribution in [0.5, 0.6) is 0 Å². The molecule has 8 rings (SSSR count). The summed E-state index contributed by atoms with van der Waals surface area (Å²) in [5.41, 5.74) is 3.41. The number of halogens is 4. The number of alkyl halides is 2. The Kier molecular flexibility index (Phi) is 5.37. The number of benzene rings is 2. The van der Waals surface area contributed by atoms with E-state index < -0.39 is 24.1 Å². The van der Waals surface area contributed by atoms with Gasteiger partial charge in [-0.2, -0.15) is 4.39 Å². The number of fused-ring (bicyclic) bond motifs is 4. The van der Waals surface area contributed by atoms with Crippen LogP contribution in [0.15, 0.2) is 74.5 Å². The maximum atomic E-state index is 15.4. The molecule has 0 amide bonds. The second-order valence-corrected chi connectivity index (χ2v) is 11.2. The van der Waals surface area contributed by atoms with Crippen LogP contribution in [0.4, 0.5) is 13.2 Å². The minimum absolute atomic E-state index is 0.0139. The highest BCUT2D eigenvalue weighted by molar-refractivity contribution is 6.31. The average molecular weight is 590 g/mol. The smallest absolute Gasteiger partial charge is 0.283 e. The lowest BCUT2D eigenvalue weighted by Gasteiger charge is -2.20. The summed E-state index contributed by atoms with van der Waals surface area (Å²) in [6.45, 7) is 1.85. The van der Waals surface area contributed by atoms with E-state index in [4.69, 9.17) is 21.1 Å². The molecule has 5 aromatic rings. The van der Waals surface area contributed by atoms with E-state index in [9.17, 15) is 13.6 Å². The molecule has 1 saturated carbocycles. The predicted molar refractivity (Wildman–Crippen MR) is 147 cm³/mol. The molecule has 1 aliphatic carbocycles. The fraction of sp³-hybridized carbons (Fsp3) is 0.241. The Labute approximate surface area is 239 Å². The van der Waals surface area contributed by atoms with E-state index in [2.05, 4.69) is 20.5 Å². The summed E-state index contributed by atoms with van der Waals surface area (Å²) in [7, 11) is 0. The number of rotatable bonds is 5. The van der Waals surface area contributed by atoms with Gasteiger partial charge in [0, 0.05) is 45.5 Å². The number of aliphatic imine (C=N–C) groups is 1. The highest BCUT2D eigenvalue weighted by atomic mass is 35.5. The van der Waals surface area contributed by atoms with Crippen LogP contribution in [0, 0.1) is 12.8 Å². The maximum absolute atomic E-state index is 15.4. The molecule has 3 aromatic heterocycles. The van der Waals surface area contributed by atoms with Gasteiger partial charge < -0.3 is 4.52 Å². The first-order valence-corrected chi connectivity index (χ1v) is 13.6. The van der Waals surface area contributed by atoms with Crippen LogP contribution in [-0.4, -0.2) is 35.4 Å². The van der Waals surface area contributed by atoms with Crippen LogP contribution in [-0.2, 0) is 0 Å². The molecule has 3 unspecified atom stereocenters. The predicted octanol–water partition coefficient (Wildman–Crippen LogP) is 6.26. The van der Waals surface area contributed by atoms with Gasteiger partial charge in [0.25, 0.3) is 12.0 Å². The Morgan fingerprint density at radius 1 is 1.14 bits per heavy atom. The summed E-state index contributed by atoms with van der Waals surface area (Å²) in [5.74, 6) is -0.0214. The van der Waals surface area contributed by atoms with Gasteiger partial charge in [-0.3, -0.25) is 9.36 Å². The van der Waals surface area contributed by atoms with Crippen molar-refractivity contribution in [2.75, 3.05) is 0 Å². The molecule has 2 aromatic carbocycles. The van der Waals surface area contributed by atoms with Crippen molar-refractivity contribution in [3.63, 3.8) is 0 Å². The molecule has 0 N–H and O–H groups in total. The third-order valence-corrected chi connectivity index (χ3v) is 8.48. The number of hydrogen-bond donors (Lipinski definition) is 0. The second kappa shape index (κ2) is 8.96. The van der Waals surface area contributed by atoms with Gasteiger partial charge in [0.15, 0.2) is 5.58 Å². The van der Waals surface area contributed by atoms with Gasteiger partial charge in [-0.1, -0.05) is 28.0 Å². The second-order valence-electron chi connectivity index (χ2n) is 10.7. The Bertz CT molecular complexity index is 2080. The number of aromatic nitrogens is 6. The normalized spacial score (nSPS) is 20.9. The van der Waals surface area contributed by atoms with E-state index in [1.807, 2.05) is 19.1 Å². The Hall–Kier alpha value is -4.58.